The molecule has 3 aromatic rings. The fourth-order valence-electron chi connectivity index (χ4n) is 3.89. The van der Waals surface area contributed by atoms with Crippen LogP contribution in [-0.2, 0) is 21.2 Å². The van der Waals surface area contributed by atoms with Crippen LogP contribution in [0, 0.1) is 6.92 Å². The summed E-state index contributed by atoms with van der Waals surface area (Å²) >= 11 is 0. The molecule has 1 aliphatic heterocycles. The van der Waals surface area contributed by atoms with Crippen LogP contribution in [0.4, 0.5) is 0 Å². The number of hydrogen-bond acceptors (Lipinski definition) is 4. The van der Waals surface area contributed by atoms with E-state index in [0.29, 0.717) is 13.0 Å². The number of hydrogen-bond donors (Lipinski definition) is 0. The van der Waals surface area contributed by atoms with Crippen LogP contribution in [0.15, 0.2) is 66.9 Å². The highest BCUT2D eigenvalue weighted by Crippen LogP contribution is 2.25. The van der Waals surface area contributed by atoms with Crippen molar-refractivity contribution in [3.8, 4) is 11.3 Å². The number of amides is 1. The topological polar surface area (TPSA) is 72.3 Å². The van der Waals surface area contributed by atoms with E-state index < -0.39 is 9.84 Å². The third-order valence-electron chi connectivity index (χ3n) is 5.81. The van der Waals surface area contributed by atoms with Crippen molar-refractivity contribution in [3.63, 3.8) is 0 Å². The Morgan fingerprint density at radius 2 is 1.88 bits per heavy atom. The summed E-state index contributed by atoms with van der Waals surface area (Å²) in [6, 6.07) is 17.9. The minimum absolute atomic E-state index is 0.0344. The Labute approximate surface area is 189 Å². The normalized spacial score (nSPS) is 17.6. The van der Waals surface area contributed by atoms with Crippen LogP contribution in [-0.4, -0.2) is 53.6 Å². The first-order chi connectivity index (χ1) is 15.3. The SMILES string of the molecule is Cc1ccc(-c2nn(Cc3ccccc3)cc2C=CC(=O)N(C)C2CCS(=O)(=O)C2)cc1. The molecule has 2 aromatic carbocycles. The van der Waals surface area contributed by atoms with E-state index in [2.05, 4.69) is 12.1 Å². The van der Waals surface area contributed by atoms with Gasteiger partial charge in [0, 0.05) is 36.5 Å². The molecule has 0 aliphatic carbocycles. The molecule has 4 rings (SSSR count). The van der Waals surface area contributed by atoms with Gasteiger partial charge in [0.15, 0.2) is 9.84 Å². The van der Waals surface area contributed by atoms with E-state index >= 15 is 0 Å². The number of sulfone groups is 1. The number of carbonyl (C=O) groups excluding carboxylic acids is 1. The van der Waals surface area contributed by atoms with Crippen LogP contribution in [0.2, 0.25) is 0 Å². The van der Waals surface area contributed by atoms with Crippen molar-refractivity contribution in [2.24, 2.45) is 0 Å². The van der Waals surface area contributed by atoms with Gasteiger partial charge in [0.25, 0.3) is 0 Å². The Morgan fingerprint density at radius 3 is 2.53 bits per heavy atom. The largest absolute Gasteiger partial charge is 0.338 e. The van der Waals surface area contributed by atoms with Crippen LogP contribution in [0.5, 0.6) is 0 Å². The maximum absolute atomic E-state index is 12.7. The van der Waals surface area contributed by atoms with Crippen molar-refractivity contribution >= 4 is 21.8 Å². The van der Waals surface area contributed by atoms with Crippen molar-refractivity contribution in [3.05, 3.63) is 83.6 Å². The van der Waals surface area contributed by atoms with Crippen LogP contribution < -0.4 is 0 Å². The van der Waals surface area contributed by atoms with Gasteiger partial charge in [0.2, 0.25) is 5.91 Å². The van der Waals surface area contributed by atoms with Gasteiger partial charge in [-0.25, -0.2) is 8.42 Å². The van der Waals surface area contributed by atoms with Gasteiger partial charge in [-0.05, 0) is 25.0 Å². The van der Waals surface area contributed by atoms with Gasteiger partial charge in [0.05, 0.1) is 23.7 Å². The predicted molar refractivity (Wildman–Crippen MR) is 127 cm³/mol. The summed E-state index contributed by atoms with van der Waals surface area (Å²) in [6.45, 7) is 2.66. The van der Waals surface area contributed by atoms with Crippen LogP contribution in [0.25, 0.3) is 17.3 Å². The quantitative estimate of drug-likeness (QED) is 0.540. The Hall–Kier alpha value is -3.19. The summed E-state index contributed by atoms with van der Waals surface area (Å²) in [4.78, 5) is 14.3. The standard InChI is InChI=1S/C25H27N3O3S/c1-19-8-10-21(11-9-19)25-22(17-28(26-25)16-20-6-4-3-5-7-20)12-13-24(29)27(2)23-14-15-32(30,31)18-23/h3-13,17,23H,14-16,18H2,1-2H3. The third kappa shape index (κ3) is 5.16. The average Bonchev–Trinajstić information content (AvgIpc) is 3.35. The number of aryl methyl sites for hydroxylation is 1. The minimum Gasteiger partial charge on any atom is -0.338 e. The fraction of sp³-hybridized carbons (Fsp3) is 0.280. The zero-order chi connectivity index (χ0) is 22.7. The van der Waals surface area contributed by atoms with Crippen molar-refractivity contribution < 1.29 is 13.2 Å². The molecule has 1 saturated heterocycles. The fourth-order valence-corrected chi connectivity index (χ4v) is 5.66. The monoisotopic (exact) mass is 449 g/mol. The van der Waals surface area contributed by atoms with Crippen LogP contribution >= 0.6 is 0 Å². The van der Waals surface area contributed by atoms with E-state index in [1.165, 1.54) is 11.0 Å². The smallest absolute Gasteiger partial charge is 0.246 e. The number of benzene rings is 2. The van der Waals surface area contributed by atoms with Gasteiger partial charge in [-0.15, -0.1) is 0 Å². The molecule has 7 heteroatoms. The highest BCUT2D eigenvalue weighted by Gasteiger charge is 2.32. The lowest BCUT2D eigenvalue weighted by atomic mass is 10.1. The third-order valence-corrected chi connectivity index (χ3v) is 7.56. The highest BCUT2D eigenvalue weighted by atomic mass is 32.2. The number of nitrogens with zero attached hydrogens (tertiary/aromatic N) is 3. The average molecular weight is 450 g/mol. The van der Waals surface area contributed by atoms with E-state index in [9.17, 15) is 13.2 Å². The zero-order valence-electron chi connectivity index (χ0n) is 18.3. The minimum atomic E-state index is -3.05. The Kier molecular flexibility index (Phi) is 6.28. The molecule has 32 heavy (non-hydrogen) atoms. The Bertz CT molecular complexity index is 1230. The summed E-state index contributed by atoms with van der Waals surface area (Å²) in [5.74, 6) is -0.0343. The number of likely N-dealkylation sites (N-methyl/N-ethyl adjacent to an activating group) is 1. The summed E-state index contributed by atoms with van der Waals surface area (Å²) < 4.78 is 25.4. The lowest BCUT2D eigenvalue weighted by Crippen LogP contribution is -2.36. The first-order valence-corrected chi connectivity index (χ1v) is 12.5. The highest BCUT2D eigenvalue weighted by molar-refractivity contribution is 7.91. The molecule has 2 heterocycles. The van der Waals surface area contributed by atoms with E-state index in [1.54, 1.807) is 13.1 Å². The van der Waals surface area contributed by atoms with Crippen molar-refractivity contribution in [1.82, 2.24) is 14.7 Å². The summed E-state index contributed by atoms with van der Waals surface area (Å²) in [7, 11) is -1.38. The second-order valence-electron chi connectivity index (χ2n) is 8.32. The van der Waals surface area contributed by atoms with Crippen molar-refractivity contribution in [1.29, 1.82) is 0 Å². The molecule has 6 nitrogen and oxygen atoms in total. The molecule has 1 aliphatic rings. The van der Waals surface area contributed by atoms with Gasteiger partial charge >= 0.3 is 0 Å². The first kappa shape index (κ1) is 22.0. The summed E-state index contributed by atoms with van der Waals surface area (Å²) in [5.41, 5.74) is 4.92. The molecular weight excluding hydrogens is 422 g/mol. The molecular formula is C25H27N3O3S. The van der Waals surface area contributed by atoms with Crippen molar-refractivity contribution in [2.75, 3.05) is 18.6 Å². The molecule has 1 fully saturated rings. The molecule has 0 spiro atoms. The molecule has 1 unspecified atom stereocenters. The second kappa shape index (κ2) is 9.12. The van der Waals surface area contributed by atoms with Crippen LogP contribution in [0.3, 0.4) is 0 Å². The van der Waals surface area contributed by atoms with Gasteiger partial charge in [-0.2, -0.15) is 5.10 Å². The predicted octanol–water partition coefficient (Wildman–Crippen LogP) is 3.57. The molecule has 0 radical (unpaired) electrons. The second-order valence-corrected chi connectivity index (χ2v) is 10.6. The van der Waals surface area contributed by atoms with Crippen molar-refractivity contribution in [2.45, 2.75) is 25.9 Å². The molecule has 166 valence electrons. The van der Waals surface area contributed by atoms with Gasteiger partial charge < -0.3 is 4.90 Å². The first-order valence-electron chi connectivity index (χ1n) is 10.6. The number of aromatic nitrogens is 2. The van der Waals surface area contributed by atoms with Crippen LogP contribution in [0.1, 0.15) is 23.1 Å². The van der Waals surface area contributed by atoms with E-state index in [4.69, 9.17) is 5.10 Å². The molecule has 0 saturated carbocycles. The van der Waals surface area contributed by atoms with E-state index in [0.717, 1.165) is 27.9 Å². The van der Waals surface area contributed by atoms with Gasteiger partial charge in [-0.3, -0.25) is 9.48 Å². The van der Waals surface area contributed by atoms with E-state index in [1.807, 2.05) is 60.3 Å². The molecule has 0 bridgehead atoms. The Balaban J connectivity index is 1.59. The van der Waals surface area contributed by atoms with E-state index in [-0.39, 0.29) is 23.5 Å². The molecule has 1 aromatic heterocycles. The molecule has 1 amide bonds. The lowest BCUT2D eigenvalue weighted by Gasteiger charge is -2.21. The Morgan fingerprint density at radius 1 is 1.16 bits per heavy atom. The number of rotatable bonds is 6. The van der Waals surface area contributed by atoms with Gasteiger partial charge in [-0.1, -0.05) is 60.2 Å². The van der Waals surface area contributed by atoms with Gasteiger partial charge in [0.1, 0.15) is 0 Å². The molecule has 1 atom stereocenters. The maximum Gasteiger partial charge on any atom is 0.246 e. The molecule has 0 N–H and O–H groups in total. The summed E-state index contributed by atoms with van der Waals surface area (Å²) in [5, 5.41) is 4.79. The lowest BCUT2D eigenvalue weighted by molar-refractivity contribution is -0.126. The number of carbonyl (C=O) groups is 1. The zero-order valence-corrected chi connectivity index (χ0v) is 19.1. The summed E-state index contributed by atoms with van der Waals surface area (Å²) in [6.07, 6.45) is 5.70. The maximum atomic E-state index is 12.7.